The van der Waals surface area contributed by atoms with Crippen LogP contribution in [-0.2, 0) is 6.54 Å². The zero-order valence-corrected chi connectivity index (χ0v) is 14.5. The molecule has 6 heteroatoms. The molecule has 1 N–H and O–H groups in total. The Balaban J connectivity index is 1.55. The SMILES string of the molecule is N#Cc1cnn2c(NCc3ccc(-c4ccccc4)cc3)cc(Cl)nc12. The van der Waals surface area contributed by atoms with Gasteiger partial charge in [-0.2, -0.15) is 14.9 Å². The number of hydrogen-bond acceptors (Lipinski definition) is 4. The second-order valence-corrected chi connectivity index (χ2v) is 6.17. The van der Waals surface area contributed by atoms with Crippen LogP contribution >= 0.6 is 11.6 Å². The van der Waals surface area contributed by atoms with Crippen LogP contribution in [0.1, 0.15) is 11.1 Å². The Hall–Kier alpha value is -3.36. The molecule has 0 bridgehead atoms. The average Bonchev–Trinajstić information content (AvgIpc) is 3.10. The van der Waals surface area contributed by atoms with Gasteiger partial charge in [-0.1, -0.05) is 66.2 Å². The normalized spacial score (nSPS) is 10.6. The van der Waals surface area contributed by atoms with Gasteiger partial charge in [-0.05, 0) is 16.7 Å². The standard InChI is InChI=1S/C20H14ClN5/c21-18-10-19(26-20(25-18)17(11-22)13-24-26)23-12-14-6-8-16(9-7-14)15-4-2-1-3-5-15/h1-10,13,23H,12H2. The third kappa shape index (κ3) is 3.10. The van der Waals surface area contributed by atoms with Crippen LogP contribution in [0.3, 0.4) is 0 Å². The van der Waals surface area contributed by atoms with E-state index >= 15 is 0 Å². The minimum Gasteiger partial charge on any atom is -0.366 e. The van der Waals surface area contributed by atoms with E-state index in [1.807, 2.05) is 18.2 Å². The largest absolute Gasteiger partial charge is 0.366 e. The van der Waals surface area contributed by atoms with E-state index in [0.29, 0.717) is 28.7 Å². The van der Waals surface area contributed by atoms with Crippen LogP contribution in [0.15, 0.2) is 66.9 Å². The van der Waals surface area contributed by atoms with Crippen molar-refractivity contribution >= 4 is 23.1 Å². The molecule has 0 saturated carbocycles. The third-order valence-corrected chi connectivity index (χ3v) is 4.29. The van der Waals surface area contributed by atoms with Gasteiger partial charge in [0, 0.05) is 12.6 Å². The summed E-state index contributed by atoms with van der Waals surface area (Å²) < 4.78 is 1.59. The fourth-order valence-electron chi connectivity index (χ4n) is 2.78. The molecule has 2 aromatic carbocycles. The van der Waals surface area contributed by atoms with Crippen LogP contribution in [-0.4, -0.2) is 14.6 Å². The fourth-order valence-corrected chi connectivity index (χ4v) is 2.96. The van der Waals surface area contributed by atoms with Gasteiger partial charge in [0.2, 0.25) is 0 Å². The average molecular weight is 360 g/mol. The molecule has 5 nitrogen and oxygen atoms in total. The lowest BCUT2D eigenvalue weighted by atomic mass is 10.0. The number of benzene rings is 2. The van der Waals surface area contributed by atoms with Gasteiger partial charge < -0.3 is 5.32 Å². The molecule has 2 aromatic heterocycles. The molecular formula is C20H14ClN5. The molecule has 0 fully saturated rings. The van der Waals surface area contributed by atoms with Crippen molar-refractivity contribution in [2.24, 2.45) is 0 Å². The Kier molecular flexibility index (Phi) is 4.26. The number of anilines is 1. The van der Waals surface area contributed by atoms with Crippen molar-refractivity contribution in [3.05, 3.63) is 83.1 Å². The lowest BCUT2D eigenvalue weighted by Gasteiger charge is -2.10. The molecular weight excluding hydrogens is 346 g/mol. The van der Waals surface area contributed by atoms with E-state index in [2.05, 4.69) is 57.9 Å². The summed E-state index contributed by atoms with van der Waals surface area (Å²) in [6, 6.07) is 22.4. The summed E-state index contributed by atoms with van der Waals surface area (Å²) in [5.74, 6) is 0.689. The Morgan fingerprint density at radius 2 is 1.77 bits per heavy atom. The molecule has 0 aliphatic carbocycles. The van der Waals surface area contributed by atoms with Crippen molar-refractivity contribution in [3.63, 3.8) is 0 Å². The number of nitriles is 1. The van der Waals surface area contributed by atoms with E-state index in [1.54, 1.807) is 10.6 Å². The zero-order valence-electron chi connectivity index (χ0n) is 13.7. The minimum atomic E-state index is 0.316. The van der Waals surface area contributed by atoms with Crippen molar-refractivity contribution in [1.29, 1.82) is 5.26 Å². The highest BCUT2D eigenvalue weighted by Crippen LogP contribution is 2.21. The Bertz CT molecular complexity index is 1090. The molecule has 4 rings (SSSR count). The topological polar surface area (TPSA) is 66.0 Å². The molecule has 0 saturated heterocycles. The molecule has 0 spiro atoms. The second-order valence-electron chi connectivity index (χ2n) is 5.79. The molecule has 126 valence electrons. The number of hydrogen-bond donors (Lipinski definition) is 1. The quantitative estimate of drug-likeness (QED) is 0.543. The van der Waals surface area contributed by atoms with Gasteiger partial charge in [-0.25, -0.2) is 4.98 Å². The number of fused-ring (bicyclic) bond motifs is 1. The van der Waals surface area contributed by atoms with E-state index in [9.17, 15) is 0 Å². The van der Waals surface area contributed by atoms with Gasteiger partial charge in [0.25, 0.3) is 0 Å². The molecule has 0 unspecified atom stereocenters. The summed E-state index contributed by atoms with van der Waals surface area (Å²) in [7, 11) is 0. The van der Waals surface area contributed by atoms with E-state index in [-0.39, 0.29) is 0 Å². The van der Waals surface area contributed by atoms with Gasteiger partial charge in [0.15, 0.2) is 5.65 Å². The van der Waals surface area contributed by atoms with Crippen molar-refractivity contribution in [1.82, 2.24) is 14.6 Å². The number of nitrogens with zero attached hydrogens (tertiary/aromatic N) is 4. The lowest BCUT2D eigenvalue weighted by molar-refractivity contribution is 0.925. The molecule has 2 heterocycles. The monoisotopic (exact) mass is 359 g/mol. The lowest BCUT2D eigenvalue weighted by Crippen LogP contribution is -2.06. The van der Waals surface area contributed by atoms with E-state index < -0.39 is 0 Å². The number of halogens is 1. The molecule has 0 amide bonds. The first kappa shape index (κ1) is 16.1. The van der Waals surface area contributed by atoms with Crippen LogP contribution < -0.4 is 5.32 Å². The highest BCUT2D eigenvalue weighted by molar-refractivity contribution is 6.29. The van der Waals surface area contributed by atoms with Crippen LogP contribution in [0.25, 0.3) is 16.8 Å². The smallest absolute Gasteiger partial charge is 0.176 e. The van der Waals surface area contributed by atoms with Gasteiger partial charge in [-0.3, -0.25) is 0 Å². The number of nitrogens with one attached hydrogen (secondary N) is 1. The maximum Gasteiger partial charge on any atom is 0.176 e. The third-order valence-electron chi connectivity index (χ3n) is 4.10. The zero-order chi connectivity index (χ0) is 17.9. The van der Waals surface area contributed by atoms with Crippen molar-refractivity contribution in [3.8, 4) is 17.2 Å². The van der Waals surface area contributed by atoms with Crippen molar-refractivity contribution < 1.29 is 0 Å². The van der Waals surface area contributed by atoms with Gasteiger partial charge >= 0.3 is 0 Å². The van der Waals surface area contributed by atoms with Crippen molar-refractivity contribution in [2.45, 2.75) is 6.54 Å². The fraction of sp³-hybridized carbons (Fsp3) is 0.0500. The summed E-state index contributed by atoms with van der Waals surface area (Å²) in [4.78, 5) is 4.17. The summed E-state index contributed by atoms with van der Waals surface area (Å²) in [6.07, 6.45) is 1.48. The second kappa shape index (κ2) is 6.87. The molecule has 0 radical (unpaired) electrons. The molecule has 4 aromatic rings. The Labute approximate surface area is 155 Å². The van der Waals surface area contributed by atoms with Crippen LogP contribution in [0.2, 0.25) is 5.15 Å². The molecule has 0 aliphatic rings. The van der Waals surface area contributed by atoms with E-state index in [1.165, 1.54) is 17.3 Å². The first-order chi connectivity index (χ1) is 12.7. The number of rotatable bonds is 4. The minimum absolute atomic E-state index is 0.316. The Morgan fingerprint density at radius 3 is 2.50 bits per heavy atom. The summed E-state index contributed by atoms with van der Waals surface area (Å²) >= 11 is 6.08. The van der Waals surface area contributed by atoms with Crippen LogP contribution in [0.4, 0.5) is 5.82 Å². The summed E-state index contributed by atoms with van der Waals surface area (Å²) in [5.41, 5.74) is 4.33. The molecule has 26 heavy (non-hydrogen) atoms. The predicted molar refractivity (Wildman–Crippen MR) is 102 cm³/mol. The summed E-state index contributed by atoms with van der Waals surface area (Å²) in [6.45, 7) is 0.603. The molecule has 0 atom stereocenters. The predicted octanol–water partition coefficient (Wildman–Crippen LogP) is 4.53. The van der Waals surface area contributed by atoms with Gasteiger partial charge in [0.05, 0.1) is 6.20 Å². The first-order valence-corrected chi connectivity index (χ1v) is 8.45. The van der Waals surface area contributed by atoms with Crippen molar-refractivity contribution in [2.75, 3.05) is 5.32 Å². The maximum atomic E-state index is 9.13. The van der Waals surface area contributed by atoms with E-state index in [4.69, 9.17) is 16.9 Å². The van der Waals surface area contributed by atoms with Gasteiger partial charge in [-0.15, -0.1) is 0 Å². The first-order valence-electron chi connectivity index (χ1n) is 8.07. The molecule has 0 aliphatic heterocycles. The summed E-state index contributed by atoms with van der Waals surface area (Å²) in [5, 5.41) is 17.0. The highest BCUT2D eigenvalue weighted by Gasteiger charge is 2.10. The maximum absolute atomic E-state index is 9.13. The van der Waals surface area contributed by atoms with Gasteiger partial charge in [0.1, 0.15) is 22.6 Å². The highest BCUT2D eigenvalue weighted by atomic mass is 35.5. The van der Waals surface area contributed by atoms with E-state index in [0.717, 1.165) is 5.56 Å². The number of aromatic nitrogens is 3. The van der Waals surface area contributed by atoms with Crippen LogP contribution in [0, 0.1) is 11.3 Å². The Morgan fingerprint density at radius 1 is 1.04 bits per heavy atom. The van der Waals surface area contributed by atoms with Crippen LogP contribution in [0.5, 0.6) is 0 Å².